The maximum Gasteiger partial charge on any atom is 0.322 e. The van der Waals surface area contributed by atoms with Gasteiger partial charge in [0.25, 0.3) is 5.91 Å². The summed E-state index contributed by atoms with van der Waals surface area (Å²) < 4.78 is 12.7. The van der Waals surface area contributed by atoms with Crippen LogP contribution in [0.15, 0.2) is 85.1 Å². The van der Waals surface area contributed by atoms with E-state index in [1.54, 1.807) is 54.3 Å². The molecule has 3 heterocycles. The number of para-hydroxylation sites is 1. The molecule has 1 fully saturated rings. The number of ether oxygens (including phenoxy) is 2. The van der Waals surface area contributed by atoms with Crippen LogP contribution in [0.5, 0.6) is 17.4 Å². The molecule has 9 nitrogen and oxygen atoms in total. The number of carbonyl (C=O) groups is 2. The number of aromatic nitrogens is 2. The molecule has 3 amide bonds. The van der Waals surface area contributed by atoms with Crippen molar-refractivity contribution in [2.45, 2.75) is 18.7 Å². The number of hydrogen-bond donors (Lipinski definition) is 3. The molecular formula is C29H24N4O5. The molecule has 1 saturated heterocycles. The number of nitrogens with one attached hydrogen (secondary N) is 2. The van der Waals surface area contributed by atoms with Gasteiger partial charge < -0.3 is 24.5 Å². The van der Waals surface area contributed by atoms with Gasteiger partial charge >= 0.3 is 6.03 Å². The van der Waals surface area contributed by atoms with Crippen molar-refractivity contribution in [2.75, 3.05) is 7.11 Å². The molecule has 0 bridgehead atoms. The largest absolute Gasteiger partial charge is 0.497 e. The van der Waals surface area contributed by atoms with Crippen LogP contribution in [0.1, 0.15) is 11.3 Å². The van der Waals surface area contributed by atoms with Gasteiger partial charge in [-0.15, -0.1) is 0 Å². The maximum absolute atomic E-state index is 13.1. The number of carbonyl (C=O) groups excluding carboxylic acids is 2. The summed E-state index contributed by atoms with van der Waals surface area (Å²) >= 11 is 0. The van der Waals surface area contributed by atoms with Crippen LogP contribution in [-0.4, -0.2) is 33.7 Å². The molecule has 0 saturated carbocycles. The highest BCUT2D eigenvalue weighted by Crippen LogP contribution is 2.35. The first-order valence-electron chi connectivity index (χ1n) is 12.0. The summed E-state index contributed by atoms with van der Waals surface area (Å²) in [6.45, 7) is 0.258. The molecule has 5 aromatic rings. The Morgan fingerprint density at radius 3 is 2.47 bits per heavy atom. The molecule has 1 atom stereocenters. The van der Waals surface area contributed by atoms with Crippen LogP contribution < -0.4 is 20.1 Å². The smallest absolute Gasteiger partial charge is 0.322 e. The van der Waals surface area contributed by atoms with Gasteiger partial charge in [0.2, 0.25) is 0 Å². The Hall–Kier alpha value is -5.05. The molecule has 1 aliphatic rings. The number of amides is 3. The molecule has 6 rings (SSSR count). The van der Waals surface area contributed by atoms with Gasteiger partial charge in [-0.2, -0.15) is 0 Å². The lowest BCUT2D eigenvalue weighted by molar-refractivity contribution is -0.124. The Morgan fingerprint density at radius 1 is 0.947 bits per heavy atom. The average Bonchev–Trinajstić information content (AvgIpc) is 3.41. The van der Waals surface area contributed by atoms with Crippen molar-refractivity contribution in [3.05, 3.63) is 96.3 Å². The zero-order valence-corrected chi connectivity index (χ0v) is 20.5. The fourth-order valence-electron chi connectivity index (χ4n) is 4.81. The van der Waals surface area contributed by atoms with Crippen LogP contribution in [0, 0.1) is 0 Å². The molecule has 1 aliphatic heterocycles. The topological polar surface area (TPSA) is 115 Å². The van der Waals surface area contributed by atoms with E-state index in [-0.39, 0.29) is 19.0 Å². The molecule has 2 aromatic heterocycles. The van der Waals surface area contributed by atoms with E-state index in [1.165, 1.54) is 0 Å². The third-order valence-corrected chi connectivity index (χ3v) is 6.81. The van der Waals surface area contributed by atoms with Crippen molar-refractivity contribution >= 4 is 33.6 Å². The Kier molecular flexibility index (Phi) is 5.60. The van der Waals surface area contributed by atoms with Gasteiger partial charge in [0.05, 0.1) is 24.9 Å². The SMILES string of the molecule is COc1ccc2cn(C[C@@]3(c4ccc(OCc5ccc6ccccc6n5)cc4)NC(=O)NC3=O)c(O)c2c1. The Labute approximate surface area is 217 Å². The van der Waals surface area contributed by atoms with Crippen LogP contribution in [0.2, 0.25) is 0 Å². The highest BCUT2D eigenvalue weighted by Gasteiger charge is 2.48. The van der Waals surface area contributed by atoms with E-state index in [1.807, 2.05) is 42.5 Å². The third-order valence-electron chi connectivity index (χ3n) is 6.81. The third kappa shape index (κ3) is 4.03. The molecule has 9 heteroatoms. The molecule has 0 spiro atoms. The van der Waals surface area contributed by atoms with Gasteiger partial charge in [-0.3, -0.25) is 10.1 Å². The second-order valence-corrected chi connectivity index (χ2v) is 9.16. The predicted molar refractivity (Wildman–Crippen MR) is 141 cm³/mol. The van der Waals surface area contributed by atoms with Crippen molar-refractivity contribution in [1.82, 2.24) is 20.2 Å². The Morgan fingerprint density at radius 2 is 1.71 bits per heavy atom. The van der Waals surface area contributed by atoms with E-state index in [0.29, 0.717) is 22.4 Å². The standard InChI is InChI=1S/C29H24N4O5/c1-37-23-11-7-19-15-33(26(34)24(19)14-23)17-29(27(35)31-28(36)32-29)20-8-12-22(13-9-20)38-16-21-10-6-18-4-2-3-5-25(18)30-21/h2-15,34H,16-17H2,1H3,(H2,31,32,35,36)/t29-/m0/s1. The second kappa shape index (κ2) is 9.11. The fourth-order valence-corrected chi connectivity index (χ4v) is 4.81. The summed E-state index contributed by atoms with van der Waals surface area (Å²) in [5.41, 5.74) is 0.810. The zero-order valence-electron chi connectivity index (χ0n) is 20.5. The molecular weight excluding hydrogens is 484 g/mol. The van der Waals surface area contributed by atoms with Crippen molar-refractivity contribution in [2.24, 2.45) is 0 Å². The summed E-state index contributed by atoms with van der Waals surface area (Å²) in [5, 5.41) is 18.4. The second-order valence-electron chi connectivity index (χ2n) is 9.16. The monoisotopic (exact) mass is 508 g/mol. The average molecular weight is 509 g/mol. The number of hydrogen-bond acceptors (Lipinski definition) is 6. The first-order valence-corrected chi connectivity index (χ1v) is 12.0. The molecule has 0 unspecified atom stereocenters. The van der Waals surface area contributed by atoms with Gasteiger partial charge in [-0.25, -0.2) is 9.78 Å². The zero-order chi connectivity index (χ0) is 26.3. The highest BCUT2D eigenvalue weighted by molar-refractivity contribution is 6.07. The summed E-state index contributed by atoms with van der Waals surface area (Å²) in [4.78, 5) is 29.9. The Balaban J connectivity index is 1.26. The number of nitrogens with zero attached hydrogens (tertiary/aromatic N) is 2. The van der Waals surface area contributed by atoms with Gasteiger partial charge in [0.15, 0.2) is 11.4 Å². The normalized spacial score (nSPS) is 17.0. The van der Waals surface area contributed by atoms with Crippen LogP contribution >= 0.6 is 0 Å². The minimum Gasteiger partial charge on any atom is -0.497 e. The van der Waals surface area contributed by atoms with E-state index in [9.17, 15) is 14.7 Å². The maximum atomic E-state index is 13.1. The summed E-state index contributed by atoms with van der Waals surface area (Å²) in [7, 11) is 1.55. The molecule has 38 heavy (non-hydrogen) atoms. The van der Waals surface area contributed by atoms with Crippen molar-refractivity contribution in [1.29, 1.82) is 0 Å². The van der Waals surface area contributed by atoms with E-state index in [2.05, 4.69) is 15.6 Å². The highest BCUT2D eigenvalue weighted by atomic mass is 16.5. The first kappa shape index (κ1) is 23.4. The van der Waals surface area contributed by atoms with Crippen LogP contribution in [0.3, 0.4) is 0 Å². The van der Waals surface area contributed by atoms with Gasteiger partial charge in [-0.1, -0.05) is 36.4 Å². The first-order chi connectivity index (χ1) is 18.4. The molecule has 3 aromatic carbocycles. The summed E-state index contributed by atoms with van der Waals surface area (Å²) in [5.74, 6) is 0.647. The summed E-state index contributed by atoms with van der Waals surface area (Å²) in [6, 6.07) is 23.5. The molecule has 0 aliphatic carbocycles. The lowest BCUT2D eigenvalue weighted by Crippen LogP contribution is -2.47. The number of methoxy groups -OCH3 is 1. The number of urea groups is 1. The molecule has 190 valence electrons. The fraction of sp³-hybridized carbons (Fsp3) is 0.138. The lowest BCUT2D eigenvalue weighted by atomic mass is 9.89. The number of pyridine rings is 1. The van der Waals surface area contributed by atoms with Crippen LogP contribution in [0.4, 0.5) is 4.79 Å². The molecule has 3 N–H and O–H groups in total. The van der Waals surface area contributed by atoms with Crippen molar-refractivity contribution in [3.63, 3.8) is 0 Å². The van der Waals surface area contributed by atoms with E-state index >= 15 is 0 Å². The quantitative estimate of drug-likeness (QED) is 0.284. The van der Waals surface area contributed by atoms with Crippen molar-refractivity contribution < 1.29 is 24.2 Å². The van der Waals surface area contributed by atoms with Crippen molar-refractivity contribution in [3.8, 4) is 17.4 Å². The summed E-state index contributed by atoms with van der Waals surface area (Å²) in [6.07, 6.45) is 1.73. The van der Waals surface area contributed by atoms with E-state index in [0.717, 1.165) is 22.0 Å². The Bertz CT molecular complexity index is 1700. The number of imide groups is 1. The van der Waals surface area contributed by atoms with Gasteiger partial charge in [0, 0.05) is 22.4 Å². The number of benzene rings is 3. The number of fused-ring (bicyclic) bond motifs is 2. The minimum atomic E-state index is -1.42. The van der Waals surface area contributed by atoms with E-state index in [4.69, 9.17) is 9.47 Å². The van der Waals surface area contributed by atoms with Gasteiger partial charge in [0.1, 0.15) is 18.1 Å². The van der Waals surface area contributed by atoms with Crippen LogP contribution in [0.25, 0.3) is 21.7 Å². The molecule has 0 radical (unpaired) electrons. The van der Waals surface area contributed by atoms with E-state index < -0.39 is 17.5 Å². The predicted octanol–water partition coefficient (Wildman–Crippen LogP) is 4.22. The van der Waals surface area contributed by atoms with Gasteiger partial charge in [-0.05, 0) is 48.0 Å². The lowest BCUT2D eigenvalue weighted by Gasteiger charge is -2.27. The number of rotatable bonds is 7. The van der Waals surface area contributed by atoms with Crippen LogP contribution in [-0.2, 0) is 23.5 Å². The number of aromatic hydroxyl groups is 1. The minimum absolute atomic E-state index is 0.0192.